The summed E-state index contributed by atoms with van der Waals surface area (Å²) in [5, 5.41) is 0. The molecule has 0 unspecified atom stereocenters. The van der Waals surface area contributed by atoms with Crippen LogP contribution in [0.15, 0.2) is 30.3 Å². The van der Waals surface area contributed by atoms with Crippen molar-refractivity contribution >= 4 is 23.4 Å². The lowest BCUT2D eigenvalue weighted by Crippen LogP contribution is -2.40. The van der Waals surface area contributed by atoms with E-state index in [4.69, 9.17) is 17.0 Å². The van der Waals surface area contributed by atoms with Gasteiger partial charge in [-0.3, -0.25) is 4.90 Å². The third-order valence-corrected chi connectivity index (χ3v) is 3.82. The Morgan fingerprint density at radius 2 is 2.00 bits per heavy atom. The SMILES string of the molecule is O=CC[C@H](C(=S)CN1CCOCC1)c1ccccc1. The fourth-order valence-corrected chi connectivity index (χ4v) is 2.74. The van der Waals surface area contributed by atoms with Gasteiger partial charge in [-0.25, -0.2) is 0 Å². The van der Waals surface area contributed by atoms with Gasteiger partial charge >= 0.3 is 0 Å². The van der Waals surface area contributed by atoms with Crippen molar-refractivity contribution in [3.05, 3.63) is 35.9 Å². The monoisotopic (exact) mass is 277 g/mol. The van der Waals surface area contributed by atoms with Gasteiger partial charge in [0, 0.05) is 36.8 Å². The zero-order chi connectivity index (χ0) is 13.5. The van der Waals surface area contributed by atoms with Gasteiger partial charge in [-0.05, 0) is 5.56 Å². The Labute approximate surface area is 119 Å². The summed E-state index contributed by atoms with van der Waals surface area (Å²) in [5.74, 6) is 0.0524. The number of carbonyl (C=O) groups excluding carboxylic acids is 1. The summed E-state index contributed by atoms with van der Waals surface area (Å²) in [4.78, 5) is 14.1. The van der Waals surface area contributed by atoms with Crippen molar-refractivity contribution in [2.75, 3.05) is 32.8 Å². The highest BCUT2D eigenvalue weighted by Gasteiger charge is 2.20. The molecule has 1 atom stereocenters. The van der Waals surface area contributed by atoms with E-state index >= 15 is 0 Å². The second-order valence-electron chi connectivity index (χ2n) is 4.72. The van der Waals surface area contributed by atoms with Gasteiger partial charge in [-0.2, -0.15) is 0 Å². The van der Waals surface area contributed by atoms with E-state index in [9.17, 15) is 4.79 Å². The molecule has 4 heteroatoms. The van der Waals surface area contributed by atoms with Gasteiger partial charge < -0.3 is 9.53 Å². The molecule has 1 aliphatic rings. The van der Waals surface area contributed by atoms with Gasteiger partial charge in [0.15, 0.2) is 0 Å². The average Bonchev–Trinajstić information content (AvgIpc) is 2.46. The molecule has 0 saturated carbocycles. The molecule has 0 spiro atoms. The summed E-state index contributed by atoms with van der Waals surface area (Å²) in [6.07, 6.45) is 1.43. The Morgan fingerprint density at radius 1 is 1.32 bits per heavy atom. The van der Waals surface area contributed by atoms with Crippen LogP contribution in [0.4, 0.5) is 0 Å². The maximum atomic E-state index is 10.9. The van der Waals surface area contributed by atoms with Crippen molar-refractivity contribution in [2.24, 2.45) is 0 Å². The summed E-state index contributed by atoms with van der Waals surface area (Å²) in [6, 6.07) is 10.0. The number of thiocarbonyl (C=S) groups is 1. The van der Waals surface area contributed by atoms with E-state index in [0.717, 1.165) is 49.6 Å². The van der Waals surface area contributed by atoms with Crippen LogP contribution < -0.4 is 0 Å². The molecule has 1 aliphatic heterocycles. The summed E-state index contributed by atoms with van der Waals surface area (Å²) in [6.45, 7) is 4.15. The predicted octanol–water partition coefficient (Wildman–Crippen LogP) is 2.06. The lowest BCUT2D eigenvalue weighted by Gasteiger charge is -2.28. The van der Waals surface area contributed by atoms with E-state index in [2.05, 4.69) is 4.90 Å². The Balaban J connectivity index is 2.01. The predicted molar refractivity (Wildman–Crippen MR) is 79.7 cm³/mol. The molecule has 1 fully saturated rings. The molecule has 0 bridgehead atoms. The molecule has 0 aliphatic carbocycles. The maximum absolute atomic E-state index is 10.9. The van der Waals surface area contributed by atoms with E-state index in [1.165, 1.54) is 0 Å². The third-order valence-electron chi connectivity index (χ3n) is 3.41. The molecule has 1 heterocycles. The van der Waals surface area contributed by atoms with Crippen molar-refractivity contribution in [2.45, 2.75) is 12.3 Å². The molecule has 102 valence electrons. The highest BCUT2D eigenvalue weighted by Crippen LogP contribution is 2.21. The first kappa shape index (κ1) is 14.3. The number of hydrogen-bond acceptors (Lipinski definition) is 4. The highest BCUT2D eigenvalue weighted by atomic mass is 32.1. The van der Waals surface area contributed by atoms with E-state index < -0.39 is 0 Å². The first-order valence-corrected chi connectivity index (χ1v) is 7.03. The first-order valence-electron chi connectivity index (χ1n) is 6.62. The average molecular weight is 277 g/mol. The standard InChI is InChI=1S/C15H19NO2S/c17-9-6-14(13-4-2-1-3-5-13)15(19)12-16-7-10-18-11-8-16/h1-5,9,14H,6-8,10-12H2/t14-/m0/s1. The Hall–Kier alpha value is -1.10. The van der Waals surface area contributed by atoms with Crippen LogP contribution in [-0.2, 0) is 9.53 Å². The van der Waals surface area contributed by atoms with Gasteiger partial charge in [0.25, 0.3) is 0 Å². The number of morpholine rings is 1. The number of benzene rings is 1. The minimum atomic E-state index is 0.0524. The molecule has 19 heavy (non-hydrogen) atoms. The van der Waals surface area contributed by atoms with Crippen molar-refractivity contribution in [3.63, 3.8) is 0 Å². The molecule has 0 aromatic heterocycles. The summed E-state index contributed by atoms with van der Waals surface area (Å²) in [5.41, 5.74) is 1.13. The van der Waals surface area contributed by atoms with Gasteiger partial charge in [0.1, 0.15) is 6.29 Å². The Morgan fingerprint density at radius 3 is 2.63 bits per heavy atom. The van der Waals surface area contributed by atoms with Gasteiger partial charge in [-0.1, -0.05) is 42.5 Å². The number of aldehydes is 1. The molecular formula is C15H19NO2S. The number of nitrogens with zero attached hydrogens (tertiary/aromatic N) is 1. The number of ether oxygens (including phenoxy) is 1. The molecule has 1 aromatic rings. The summed E-state index contributed by atoms with van der Waals surface area (Å²) in [7, 11) is 0. The molecule has 0 amide bonds. The number of carbonyl (C=O) groups is 1. The molecule has 2 rings (SSSR count). The number of rotatable bonds is 6. The van der Waals surface area contributed by atoms with Crippen LogP contribution in [0.25, 0.3) is 0 Å². The molecule has 1 aromatic carbocycles. The third kappa shape index (κ3) is 4.20. The van der Waals surface area contributed by atoms with Crippen LogP contribution in [0.1, 0.15) is 17.9 Å². The van der Waals surface area contributed by atoms with Crippen LogP contribution in [0.5, 0.6) is 0 Å². The molecule has 3 nitrogen and oxygen atoms in total. The Bertz CT molecular complexity index is 415. The highest BCUT2D eigenvalue weighted by molar-refractivity contribution is 7.80. The minimum Gasteiger partial charge on any atom is -0.379 e. The van der Waals surface area contributed by atoms with Crippen LogP contribution in [0, 0.1) is 0 Å². The van der Waals surface area contributed by atoms with Crippen molar-refractivity contribution in [3.8, 4) is 0 Å². The van der Waals surface area contributed by atoms with E-state index in [-0.39, 0.29) is 5.92 Å². The second-order valence-corrected chi connectivity index (χ2v) is 5.24. The van der Waals surface area contributed by atoms with Crippen LogP contribution >= 0.6 is 12.2 Å². The molecule has 0 radical (unpaired) electrons. The normalized spacial score (nSPS) is 17.9. The van der Waals surface area contributed by atoms with Gasteiger partial charge in [0.05, 0.1) is 13.2 Å². The van der Waals surface area contributed by atoms with Crippen molar-refractivity contribution in [1.29, 1.82) is 0 Å². The van der Waals surface area contributed by atoms with E-state index in [1.807, 2.05) is 30.3 Å². The summed E-state index contributed by atoms with van der Waals surface area (Å²) < 4.78 is 5.33. The zero-order valence-electron chi connectivity index (χ0n) is 11.0. The Kier molecular flexibility index (Phi) is 5.63. The second kappa shape index (κ2) is 7.48. The molecule has 0 N–H and O–H groups in total. The topological polar surface area (TPSA) is 29.5 Å². The largest absolute Gasteiger partial charge is 0.379 e. The fourth-order valence-electron chi connectivity index (χ4n) is 2.32. The van der Waals surface area contributed by atoms with Gasteiger partial charge in [-0.15, -0.1) is 0 Å². The van der Waals surface area contributed by atoms with Crippen molar-refractivity contribution < 1.29 is 9.53 Å². The lowest BCUT2D eigenvalue weighted by molar-refractivity contribution is -0.107. The first-order chi connectivity index (χ1) is 9.31. The van der Waals surface area contributed by atoms with Crippen LogP contribution in [0.3, 0.4) is 0 Å². The van der Waals surface area contributed by atoms with Crippen LogP contribution in [-0.4, -0.2) is 48.9 Å². The molecular weight excluding hydrogens is 258 g/mol. The van der Waals surface area contributed by atoms with Crippen molar-refractivity contribution in [1.82, 2.24) is 4.90 Å². The minimum absolute atomic E-state index is 0.0524. The van der Waals surface area contributed by atoms with E-state index in [1.54, 1.807) is 0 Å². The summed E-state index contributed by atoms with van der Waals surface area (Å²) >= 11 is 5.56. The smallest absolute Gasteiger partial charge is 0.120 e. The maximum Gasteiger partial charge on any atom is 0.120 e. The number of hydrogen-bond donors (Lipinski definition) is 0. The molecule has 1 saturated heterocycles. The van der Waals surface area contributed by atoms with Gasteiger partial charge in [0.2, 0.25) is 0 Å². The lowest BCUT2D eigenvalue weighted by atomic mass is 9.92. The van der Waals surface area contributed by atoms with E-state index in [0.29, 0.717) is 6.42 Å². The zero-order valence-corrected chi connectivity index (χ0v) is 11.8. The quantitative estimate of drug-likeness (QED) is 0.588. The van der Waals surface area contributed by atoms with Crippen LogP contribution in [0.2, 0.25) is 0 Å². The fraction of sp³-hybridized carbons (Fsp3) is 0.467.